The summed E-state index contributed by atoms with van der Waals surface area (Å²) >= 11 is 1.29. The molecule has 0 spiro atoms. The highest BCUT2D eigenvalue weighted by Gasteiger charge is 2.27. The van der Waals surface area contributed by atoms with E-state index < -0.39 is 24.9 Å². The van der Waals surface area contributed by atoms with Crippen LogP contribution in [0.25, 0.3) is 0 Å². The molecule has 0 aliphatic heterocycles. The fourth-order valence-corrected chi connectivity index (χ4v) is 2.00. The first kappa shape index (κ1) is 13.1. The van der Waals surface area contributed by atoms with Crippen molar-refractivity contribution in [1.29, 1.82) is 0 Å². The first-order chi connectivity index (χ1) is 7.35. The summed E-state index contributed by atoms with van der Waals surface area (Å²) in [4.78, 5) is 13.0. The van der Waals surface area contributed by atoms with Gasteiger partial charge in [0.15, 0.2) is 0 Å². The van der Waals surface area contributed by atoms with Crippen LogP contribution in [0.4, 0.5) is 8.78 Å². The summed E-state index contributed by atoms with van der Waals surface area (Å²) in [7, 11) is 0. The van der Waals surface area contributed by atoms with Crippen LogP contribution in [0, 0.1) is 13.8 Å². The Kier molecular flexibility index (Phi) is 3.98. The van der Waals surface area contributed by atoms with Gasteiger partial charge in [-0.1, -0.05) is 0 Å². The first-order valence-corrected chi connectivity index (χ1v) is 5.60. The zero-order chi connectivity index (χ0) is 12.3. The van der Waals surface area contributed by atoms with Gasteiger partial charge in [-0.3, -0.25) is 4.79 Å². The Hall–Kier alpha value is -1.01. The number of hydrogen-bond acceptors (Lipinski definition) is 3. The molecule has 1 aromatic rings. The maximum atomic E-state index is 12.8. The Balaban J connectivity index is 2.60. The molecule has 0 unspecified atom stereocenters. The molecular formula is C10H14F2N2OS. The fraction of sp³-hybridized carbons (Fsp3) is 0.500. The monoisotopic (exact) mass is 248 g/mol. The summed E-state index contributed by atoms with van der Waals surface area (Å²) in [6.07, 6.45) is 0. The zero-order valence-corrected chi connectivity index (χ0v) is 9.96. The maximum absolute atomic E-state index is 12.8. The van der Waals surface area contributed by atoms with Crippen LogP contribution in [-0.2, 0) is 0 Å². The van der Waals surface area contributed by atoms with Gasteiger partial charge in [0.1, 0.15) is 0 Å². The molecule has 16 heavy (non-hydrogen) atoms. The quantitative estimate of drug-likeness (QED) is 0.852. The molecule has 1 heterocycles. The standard InChI is InChI=1S/C10H14F2N2OS/c1-6-3-8(16-7(6)2)9(15)14-5-10(11,12)4-13/h3H,4-5,13H2,1-2H3,(H,14,15). The molecular weight excluding hydrogens is 234 g/mol. The van der Waals surface area contributed by atoms with Gasteiger partial charge in [0.05, 0.1) is 18.0 Å². The number of carbonyl (C=O) groups is 1. The van der Waals surface area contributed by atoms with E-state index in [1.165, 1.54) is 11.3 Å². The van der Waals surface area contributed by atoms with Crippen LogP contribution in [0.3, 0.4) is 0 Å². The van der Waals surface area contributed by atoms with Crippen LogP contribution in [0.2, 0.25) is 0 Å². The van der Waals surface area contributed by atoms with Crippen LogP contribution in [0.1, 0.15) is 20.1 Å². The van der Waals surface area contributed by atoms with Gasteiger partial charge in [-0.2, -0.15) is 0 Å². The van der Waals surface area contributed by atoms with Crippen molar-refractivity contribution < 1.29 is 13.6 Å². The van der Waals surface area contributed by atoms with Crippen molar-refractivity contribution >= 4 is 17.2 Å². The number of halogens is 2. The summed E-state index contributed by atoms with van der Waals surface area (Å²) in [6.45, 7) is 2.26. The largest absolute Gasteiger partial charge is 0.345 e. The molecule has 0 radical (unpaired) electrons. The Morgan fingerprint density at radius 2 is 2.19 bits per heavy atom. The van der Waals surface area contributed by atoms with Crippen molar-refractivity contribution in [3.63, 3.8) is 0 Å². The lowest BCUT2D eigenvalue weighted by Crippen LogP contribution is -2.41. The lowest BCUT2D eigenvalue weighted by atomic mass is 10.2. The fourth-order valence-electron chi connectivity index (χ4n) is 1.05. The molecule has 90 valence electrons. The van der Waals surface area contributed by atoms with Gasteiger partial charge in [0.2, 0.25) is 0 Å². The molecule has 0 fully saturated rings. The van der Waals surface area contributed by atoms with E-state index in [-0.39, 0.29) is 0 Å². The van der Waals surface area contributed by atoms with Crippen LogP contribution >= 0.6 is 11.3 Å². The molecule has 0 saturated carbocycles. The number of nitrogens with two attached hydrogens (primary N) is 1. The van der Waals surface area contributed by atoms with Gasteiger partial charge in [-0.15, -0.1) is 11.3 Å². The van der Waals surface area contributed by atoms with E-state index in [1.54, 1.807) is 6.07 Å². The summed E-state index contributed by atoms with van der Waals surface area (Å²) in [6, 6.07) is 1.69. The Morgan fingerprint density at radius 1 is 1.56 bits per heavy atom. The normalized spacial score (nSPS) is 11.6. The average molecular weight is 248 g/mol. The molecule has 3 nitrogen and oxygen atoms in total. The van der Waals surface area contributed by atoms with Crippen molar-refractivity contribution in [1.82, 2.24) is 5.32 Å². The van der Waals surface area contributed by atoms with E-state index in [2.05, 4.69) is 5.32 Å². The highest BCUT2D eigenvalue weighted by molar-refractivity contribution is 7.14. The topological polar surface area (TPSA) is 55.1 Å². The second kappa shape index (κ2) is 4.88. The van der Waals surface area contributed by atoms with E-state index in [4.69, 9.17) is 5.73 Å². The number of carbonyl (C=O) groups excluding carboxylic acids is 1. The van der Waals surface area contributed by atoms with E-state index >= 15 is 0 Å². The van der Waals surface area contributed by atoms with Crippen molar-refractivity contribution in [2.24, 2.45) is 5.73 Å². The number of aryl methyl sites for hydroxylation is 2. The van der Waals surface area contributed by atoms with E-state index in [0.29, 0.717) is 4.88 Å². The van der Waals surface area contributed by atoms with Crippen LogP contribution in [0.15, 0.2) is 6.07 Å². The molecule has 0 atom stereocenters. The van der Waals surface area contributed by atoms with Gasteiger partial charge in [-0.05, 0) is 25.5 Å². The third-order valence-corrected chi connectivity index (χ3v) is 3.35. The molecule has 3 N–H and O–H groups in total. The number of thiophene rings is 1. The van der Waals surface area contributed by atoms with Crippen LogP contribution < -0.4 is 11.1 Å². The first-order valence-electron chi connectivity index (χ1n) is 4.79. The molecule has 6 heteroatoms. The summed E-state index contributed by atoms with van der Waals surface area (Å²) in [5.41, 5.74) is 5.85. The van der Waals surface area contributed by atoms with Crippen molar-refractivity contribution in [3.05, 3.63) is 21.4 Å². The molecule has 1 aromatic heterocycles. The minimum atomic E-state index is -3.04. The van der Waals surface area contributed by atoms with Crippen LogP contribution in [0.5, 0.6) is 0 Å². The van der Waals surface area contributed by atoms with Gasteiger partial charge in [0, 0.05) is 4.88 Å². The summed E-state index contributed by atoms with van der Waals surface area (Å²) in [5, 5.41) is 2.17. The number of amides is 1. The molecule has 0 aliphatic carbocycles. The lowest BCUT2D eigenvalue weighted by Gasteiger charge is -2.13. The van der Waals surface area contributed by atoms with Crippen molar-refractivity contribution in [3.8, 4) is 0 Å². The highest BCUT2D eigenvalue weighted by atomic mass is 32.1. The lowest BCUT2D eigenvalue weighted by molar-refractivity contribution is 0.0119. The number of nitrogens with one attached hydrogen (secondary N) is 1. The predicted octanol–water partition coefficient (Wildman–Crippen LogP) is 1.69. The Labute approximate surface area is 96.6 Å². The van der Waals surface area contributed by atoms with Crippen molar-refractivity contribution in [2.75, 3.05) is 13.1 Å². The Bertz CT molecular complexity index is 371. The van der Waals surface area contributed by atoms with Gasteiger partial charge in [-0.25, -0.2) is 8.78 Å². The minimum absolute atomic E-state index is 0.447. The second-order valence-corrected chi connectivity index (χ2v) is 4.85. The minimum Gasteiger partial charge on any atom is -0.345 e. The molecule has 1 amide bonds. The number of alkyl halides is 2. The molecule has 0 aromatic carbocycles. The number of rotatable bonds is 4. The molecule has 0 bridgehead atoms. The summed E-state index contributed by atoms with van der Waals surface area (Å²) < 4.78 is 25.6. The third kappa shape index (κ3) is 3.24. The maximum Gasteiger partial charge on any atom is 0.277 e. The summed E-state index contributed by atoms with van der Waals surface area (Å²) in [5.74, 6) is -3.52. The van der Waals surface area contributed by atoms with E-state index in [0.717, 1.165) is 10.4 Å². The predicted molar refractivity (Wildman–Crippen MR) is 60.1 cm³/mol. The van der Waals surface area contributed by atoms with Gasteiger partial charge < -0.3 is 11.1 Å². The van der Waals surface area contributed by atoms with E-state index in [1.807, 2.05) is 13.8 Å². The van der Waals surface area contributed by atoms with E-state index in [9.17, 15) is 13.6 Å². The Morgan fingerprint density at radius 3 is 2.62 bits per heavy atom. The third-order valence-electron chi connectivity index (χ3n) is 2.20. The molecule has 1 rings (SSSR count). The smallest absolute Gasteiger partial charge is 0.277 e. The van der Waals surface area contributed by atoms with Crippen LogP contribution in [-0.4, -0.2) is 24.9 Å². The van der Waals surface area contributed by atoms with Gasteiger partial charge in [0.25, 0.3) is 11.8 Å². The molecule has 0 saturated heterocycles. The SMILES string of the molecule is Cc1cc(C(=O)NCC(F)(F)CN)sc1C. The second-order valence-electron chi connectivity index (χ2n) is 3.59. The average Bonchev–Trinajstić information content (AvgIpc) is 2.56. The number of hydrogen-bond donors (Lipinski definition) is 2. The van der Waals surface area contributed by atoms with Crippen molar-refractivity contribution in [2.45, 2.75) is 19.8 Å². The zero-order valence-electron chi connectivity index (χ0n) is 9.14. The highest BCUT2D eigenvalue weighted by Crippen LogP contribution is 2.20. The molecule has 0 aliphatic rings. The van der Waals surface area contributed by atoms with Gasteiger partial charge >= 0.3 is 0 Å².